The smallest absolute Gasteiger partial charge is 0.216 e. The molecule has 1 aliphatic rings. The summed E-state index contributed by atoms with van der Waals surface area (Å²) in [5.41, 5.74) is 0. The number of rotatable bonds is 8. The Morgan fingerprint density at radius 1 is 1.41 bits per heavy atom. The van der Waals surface area contributed by atoms with E-state index in [1.807, 2.05) is 0 Å². The molecule has 0 aromatic rings. The summed E-state index contributed by atoms with van der Waals surface area (Å²) in [6.07, 6.45) is 3.67. The number of alkyl halides is 1. The summed E-state index contributed by atoms with van der Waals surface area (Å²) in [5, 5.41) is 0.682. The molecule has 1 fully saturated rings. The van der Waals surface area contributed by atoms with E-state index in [1.54, 1.807) is 4.31 Å². The van der Waals surface area contributed by atoms with Gasteiger partial charge in [-0.2, -0.15) is 0 Å². The van der Waals surface area contributed by atoms with Crippen LogP contribution in [0.15, 0.2) is 0 Å². The van der Waals surface area contributed by atoms with Crippen LogP contribution in [0.3, 0.4) is 0 Å². The summed E-state index contributed by atoms with van der Waals surface area (Å²) in [4.78, 5) is 0. The van der Waals surface area contributed by atoms with Crippen molar-refractivity contribution in [3.63, 3.8) is 0 Å². The van der Waals surface area contributed by atoms with Gasteiger partial charge in [0.05, 0.1) is 11.9 Å². The van der Waals surface area contributed by atoms with Crippen LogP contribution >= 0.6 is 15.9 Å². The van der Waals surface area contributed by atoms with Crippen molar-refractivity contribution in [3.05, 3.63) is 0 Å². The molecule has 0 bridgehead atoms. The lowest BCUT2D eigenvalue weighted by atomic mass is 10.3. The Balaban J connectivity index is 2.55. The molecule has 17 heavy (non-hydrogen) atoms. The molecule has 0 saturated carbocycles. The van der Waals surface area contributed by atoms with Crippen molar-refractivity contribution in [2.45, 2.75) is 38.7 Å². The van der Waals surface area contributed by atoms with Crippen LogP contribution in [0.5, 0.6) is 0 Å². The minimum Gasteiger partial charge on any atom is -0.377 e. The van der Waals surface area contributed by atoms with Gasteiger partial charge in [0.25, 0.3) is 0 Å². The minimum atomic E-state index is -3.16. The topological polar surface area (TPSA) is 46.6 Å². The number of sulfonamides is 1. The van der Waals surface area contributed by atoms with Gasteiger partial charge in [0.1, 0.15) is 0 Å². The lowest BCUT2D eigenvalue weighted by Gasteiger charge is -2.22. The summed E-state index contributed by atoms with van der Waals surface area (Å²) in [6, 6.07) is 0. The van der Waals surface area contributed by atoms with Crippen molar-refractivity contribution in [3.8, 4) is 0 Å². The highest BCUT2D eigenvalue weighted by atomic mass is 79.9. The molecule has 1 aliphatic heterocycles. The average Bonchev–Trinajstić information content (AvgIpc) is 2.75. The van der Waals surface area contributed by atoms with Gasteiger partial charge in [-0.25, -0.2) is 12.7 Å². The molecule has 0 radical (unpaired) electrons. The molecular formula is C11H22BrNO3S. The molecule has 1 unspecified atom stereocenters. The third kappa shape index (κ3) is 5.24. The molecule has 1 atom stereocenters. The molecule has 1 rings (SSSR count). The van der Waals surface area contributed by atoms with Crippen molar-refractivity contribution >= 4 is 26.0 Å². The molecule has 0 amide bonds. The quantitative estimate of drug-likeness (QED) is 0.640. The standard InChI is InChI=1S/C11H22BrNO3S/c1-2-3-7-13(8-6-12)17(14,15)10-11-5-4-9-16-11/h11H,2-10H2,1H3. The second-order valence-corrected chi connectivity index (χ2v) is 7.16. The van der Waals surface area contributed by atoms with Crippen LogP contribution < -0.4 is 0 Å². The van der Waals surface area contributed by atoms with Gasteiger partial charge in [-0.3, -0.25) is 0 Å². The Bertz CT molecular complexity index is 302. The number of halogens is 1. The van der Waals surface area contributed by atoms with E-state index in [2.05, 4.69) is 22.9 Å². The first-order valence-corrected chi connectivity index (χ1v) is 8.98. The maximum atomic E-state index is 12.2. The Hall–Kier alpha value is 0.350. The van der Waals surface area contributed by atoms with Crippen molar-refractivity contribution in [2.24, 2.45) is 0 Å². The largest absolute Gasteiger partial charge is 0.377 e. The molecule has 1 saturated heterocycles. The third-order valence-electron chi connectivity index (χ3n) is 2.91. The molecule has 0 aromatic carbocycles. The first kappa shape index (κ1) is 15.4. The van der Waals surface area contributed by atoms with E-state index in [4.69, 9.17) is 4.74 Å². The van der Waals surface area contributed by atoms with Gasteiger partial charge in [-0.15, -0.1) is 0 Å². The Kier molecular flexibility index (Phi) is 6.99. The molecule has 0 N–H and O–H groups in total. The van der Waals surface area contributed by atoms with Gasteiger partial charge in [0.2, 0.25) is 10.0 Å². The minimum absolute atomic E-state index is 0.0977. The molecular weight excluding hydrogens is 306 g/mol. The first-order valence-electron chi connectivity index (χ1n) is 6.25. The molecule has 102 valence electrons. The van der Waals surface area contributed by atoms with Crippen molar-refractivity contribution in [1.82, 2.24) is 4.31 Å². The first-order chi connectivity index (χ1) is 8.10. The Morgan fingerprint density at radius 2 is 2.18 bits per heavy atom. The van der Waals surface area contributed by atoms with E-state index in [1.165, 1.54) is 0 Å². The summed E-state index contributed by atoms with van der Waals surface area (Å²) in [7, 11) is -3.16. The summed E-state index contributed by atoms with van der Waals surface area (Å²) < 4.78 is 31.4. The number of unbranched alkanes of at least 4 members (excludes halogenated alkanes) is 1. The normalized spacial score (nSPS) is 21.2. The highest BCUT2D eigenvalue weighted by Gasteiger charge is 2.27. The van der Waals surface area contributed by atoms with Gasteiger partial charge < -0.3 is 4.74 Å². The third-order valence-corrected chi connectivity index (χ3v) is 5.21. The van der Waals surface area contributed by atoms with Crippen LogP contribution in [0.4, 0.5) is 0 Å². The molecule has 4 nitrogen and oxygen atoms in total. The number of nitrogens with zero attached hydrogens (tertiary/aromatic N) is 1. The van der Waals surface area contributed by atoms with Gasteiger partial charge in [-0.1, -0.05) is 29.3 Å². The zero-order valence-corrected chi connectivity index (χ0v) is 12.8. The fraction of sp³-hybridized carbons (Fsp3) is 1.00. The van der Waals surface area contributed by atoms with E-state index in [0.29, 0.717) is 25.0 Å². The zero-order valence-electron chi connectivity index (χ0n) is 10.4. The number of hydrogen-bond acceptors (Lipinski definition) is 3. The highest BCUT2D eigenvalue weighted by Crippen LogP contribution is 2.16. The molecule has 6 heteroatoms. The van der Waals surface area contributed by atoms with Crippen LogP contribution in [0, 0.1) is 0 Å². The fourth-order valence-corrected chi connectivity index (χ4v) is 4.32. The predicted molar refractivity (Wildman–Crippen MR) is 73.0 cm³/mol. The van der Waals surface area contributed by atoms with Crippen LogP contribution in [-0.4, -0.2) is 49.6 Å². The predicted octanol–water partition coefficient (Wildman–Crippen LogP) is 1.99. The molecule has 0 aliphatic carbocycles. The van der Waals surface area contributed by atoms with E-state index < -0.39 is 10.0 Å². The second-order valence-electron chi connectivity index (χ2n) is 4.36. The monoisotopic (exact) mass is 327 g/mol. The van der Waals surface area contributed by atoms with Crippen molar-refractivity contribution < 1.29 is 13.2 Å². The lowest BCUT2D eigenvalue weighted by Crippen LogP contribution is -2.38. The van der Waals surface area contributed by atoms with E-state index >= 15 is 0 Å². The van der Waals surface area contributed by atoms with E-state index in [-0.39, 0.29) is 11.9 Å². The highest BCUT2D eigenvalue weighted by molar-refractivity contribution is 9.09. The van der Waals surface area contributed by atoms with Gasteiger partial charge >= 0.3 is 0 Å². The number of ether oxygens (including phenoxy) is 1. The maximum absolute atomic E-state index is 12.2. The molecule has 0 aromatic heterocycles. The van der Waals surface area contributed by atoms with Gasteiger partial charge in [-0.05, 0) is 19.3 Å². The van der Waals surface area contributed by atoms with Crippen LogP contribution in [-0.2, 0) is 14.8 Å². The van der Waals surface area contributed by atoms with Gasteiger partial charge in [0.15, 0.2) is 0 Å². The SMILES string of the molecule is CCCCN(CCBr)S(=O)(=O)CC1CCCO1. The van der Waals surface area contributed by atoms with Crippen LogP contribution in [0.1, 0.15) is 32.6 Å². The molecule has 0 spiro atoms. The lowest BCUT2D eigenvalue weighted by molar-refractivity contribution is 0.126. The summed E-state index contributed by atoms with van der Waals surface area (Å²) >= 11 is 3.31. The second kappa shape index (κ2) is 7.71. The Labute approximate surface area is 113 Å². The van der Waals surface area contributed by atoms with Crippen molar-refractivity contribution in [2.75, 3.05) is 30.8 Å². The van der Waals surface area contributed by atoms with Crippen molar-refractivity contribution in [1.29, 1.82) is 0 Å². The van der Waals surface area contributed by atoms with Crippen LogP contribution in [0.25, 0.3) is 0 Å². The van der Waals surface area contributed by atoms with Crippen LogP contribution in [0.2, 0.25) is 0 Å². The van der Waals surface area contributed by atoms with Gasteiger partial charge in [0, 0.05) is 25.0 Å². The van der Waals surface area contributed by atoms with E-state index in [9.17, 15) is 8.42 Å². The molecule has 1 heterocycles. The average molecular weight is 328 g/mol. The summed E-state index contributed by atoms with van der Waals surface area (Å²) in [5.74, 6) is 0.143. The maximum Gasteiger partial charge on any atom is 0.216 e. The summed E-state index contributed by atoms with van der Waals surface area (Å²) in [6.45, 7) is 3.94. The van der Waals surface area contributed by atoms with E-state index in [0.717, 1.165) is 25.7 Å². The Morgan fingerprint density at radius 3 is 2.71 bits per heavy atom. The number of hydrogen-bond donors (Lipinski definition) is 0. The fourth-order valence-electron chi connectivity index (χ4n) is 1.93. The zero-order chi connectivity index (χ0) is 12.7.